The van der Waals surface area contributed by atoms with Gasteiger partial charge in [0.2, 0.25) is 0 Å². The van der Waals surface area contributed by atoms with Gasteiger partial charge < -0.3 is 9.80 Å². The second-order valence-electron chi connectivity index (χ2n) is 16.7. The van der Waals surface area contributed by atoms with Crippen molar-refractivity contribution in [3.63, 3.8) is 0 Å². The highest BCUT2D eigenvalue weighted by molar-refractivity contribution is 7.22. The predicted octanol–water partition coefficient (Wildman–Crippen LogP) is 18.2. The van der Waals surface area contributed by atoms with E-state index in [1.54, 1.807) is 22.7 Å². The second-order valence-corrected chi connectivity index (χ2v) is 18.7. The summed E-state index contributed by atoms with van der Waals surface area (Å²) in [4.78, 5) is 14.5. The van der Waals surface area contributed by atoms with Crippen molar-refractivity contribution in [2.24, 2.45) is 0 Å². The third kappa shape index (κ3) is 8.24. The van der Waals surface area contributed by atoms with Gasteiger partial charge in [-0.2, -0.15) is 0 Å². The Hall–Kier alpha value is -8.42. The smallest absolute Gasteiger partial charge is 0.124 e. The molecule has 2 aromatic heterocycles. The Bertz CT molecular complexity index is 3360. The quantitative estimate of drug-likeness (QED) is 0.129. The van der Waals surface area contributed by atoms with Crippen molar-refractivity contribution in [3.05, 3.63) is 255 Å². The van der Waals surface area contributed by atoms with Crippen LogP contribution in [-0.2, 0) is 0 Å². The molecule has 4 nitrogen and oxygen atoms in total. The number of anilines is 6. The van der Waals surface area contributed by atoms with Crippen LogP contribution in [0.15, 0.2) is 255 Å². The fraction of sp³-hybridized carbons (Fsp3) is 0. The summed E-state index contributed by atoms with van der Waals surface area (Å²) in [5.41, 5.74) is 17.8. The zero-order valence-corrected chi connectivity index (χ0v) is 38.5. The van der Waals surface area contributed by atoms with E-state index >= 15 is 0 Å². The van der Waals surface area contributed by atoms with Crippen LogP contribution in [-0.4, -0.2) is 9.97 Å². The van der Waals surface area contributed by atoms with Gasteiger partial charge in [0.15, 0.2) is 0 Å². The Labute approximate surface area is 404 Å². The minimum absolute atomic E-state index is 1.02. The van der Waals surface area contributed by atoms with Gasteiger partial charge in [0, 0.05) is 45.3 Å². The Morgan fingerprint density at radius 3 is 0.735 bits per heavy atom. The summed E-state index contributed by atoms with van der Waals surface area (Å²) in [6, 6.07) is 90.8. The third-order valence-corrected chi connectivity index (χ3v) is 14.6. The standard InChI is InChI=1S/C62H42N4S2/c1-3-11-43(12-4-1)45-19-31-51(32-20-45)65(52-33-21-46(22-34-52)44-13-5-2-6-14-44)53-35-23-47(24-36-53)48-25-37-54(38-26-48)66(55-39-27-49(28-40-55)61-63-57-15-7-9-17-59(57)67-61)56-41-29-50(30-42-56)62-64-58-16-8-10-18-60(58)68-62/h1-42H. The van der Waals surface area contributed by atoms with Crippen LogP contribution in [0.5, 0.6) is 0 Å². The van der Waals surface area contributed by atoms with Crippen molar-refractivity contribution in [1.29, 1.82) is 0 Å². The van der Waals surface area contributed by atoms with Crippen molar-refractivity contribution in [3.8, 4) is 54.5 Å². The molecule has 0 bridgehead atoms. The van der Waals surface area contributed by atoms with Crippen LogP contribution in [0.1, 0.15) is 0 Å². The van der Waals surface area contributed by atoms with Crippen LogP contribution in [0.3, 0.4) is 0 Å². The number of hydrogen-bond acceptors (Lipinski definition) is 6. The maximum absolute atomic E-state index is 4.94. The number of hydrogen-bond donors (Lipinski definition) is 0. The molecule has 10 aromatic carbocycles. The highest BCUT2D eigenvalue weighted by Crippen LogP contribution is 2.41. The molecule has 68 heavy (non-hydrogen) atoms. The molecule has 0 N–H and O–H groups in total. The van der Waals surface area contributed by atoms with Crippen molar-refractivity contribution >= 4 is 77.2 Å². The summed E-state index contributed by atoms with van der Waals surface area (Å²) in [7, 11) is 0. The molecule has 0 saturated carbocycles. The third-order valence-electron chi connectivity index (χ3n) is 12.4. The number of thiazole rings is 2. The van der Waals surface area contributed by atoms with Gasteiger partial charge in [-0.3, -0.25) is 0 Å². The highest BCUT2D eigenvalue weighted by atomic mass is 32.1. The molecule has 12 aromatic rings. The van der Waals surface area contributed by atoms with Crippen molar-refractivity contribution in [1.82, 2.24) is 9.97 Å². The van der Waals surface area contributed by atoms with E-state index in [1.165, 1.54) is 31.7 Å². The lowest BCUT2D eigenvalue weighted by Crippen LogP contribution is -2.10. The van der Waals surface area contributed by atoms with E-state index in [4.69, 9.17) is 9.97 Å². The van der Waals surface area contributed by atoms with Crippen LogP contribution < -0.4 is 9.80 Å². The van der Waals surface area contributed by atoms with Gasteiger partial charge in [-0.1, -0.05) is 133 Å². The average Bonchev–Trinajstić information content (AvgIpc) is 4.06. The Balaban J connectivity index is 0.860. The van der Waals surface area contributed by atoms with Gasteiger partial charge in [-0.25, -0.2) is 9.97 Å². The Morgan fingerprint density at radius 2 is 0.456 bits per heavy atom. The molecule has 0 unspecified atom stereocenters. The molecule has 322 valence electrons. The minimum atomic E-state index is 1.02. The van der Waals surface area contributed by atoms with Crippen LogP contribution >= 0.6 is 22.7 Å². The summed E-state index contributed by atoms with van der Waals surface area (Å²) in [5.74, 6) is 0. The zero-order valence-electron chi connectivity index (χ0n) is 36.9. The van der Waals surface area contributed by atoms with Crippen LogP contribution in [0, 0.1) is 0 Å². The van der Waals surface area contributed by atoms with Crippen molar-refractivity contribution in [2.45, 2.75) is 0 Å². The molecule has 2 heterocycles. The molecular formula is C62H42N4S2. The average molecular weight is 907 g/mol. The number of fused-ring (bicyclic) bond motifs is 2. The number of rotatable bonds is 11. The van der Waals surface area contributed by atoms with Gasteiger partial charge in [0.25, 0.3) is 0 Å². The normalized spacial score (nSPS) is 11.2. The molecule has 0 aliphatic carbocycles. The van der Waals surface area contributed by atoms with Gasteiger partial charge in [0.05, 0.1) is 20.4 Å². The molecular weight excluding hydrogens is 865 g/mol. The van der Waals surface area contributed by atoms with Crippen molar-refractivity contribution in [2.75, 3.05) is 9.80 Å². The fourth-order valence-corrected chi connectivity index (χ4v) is 10.8. The molecule has 0 aliphatic heterocycles. The molecule has 0 amide bonds. The minimum Gasteiger partial charge on any atom is -0.311 e. The first kappa shape index (κ1) is 41.0. The van der Waals surface area contributed by atoms with Crippen LogP contribution in [0.25, 0.3) is 75.0 Å². The van der Waals surface area contributed by atoms with E-state index in [0.29, 0.717) is 0 Å². The largest absolute Gasteiger partial charge is 0.311 e. The SMILES string of the molecule is c1ccc(-c2ccc(N(c3ccc(-c4ccccc4)cc3)c3ccc(-c4ccc(N(c5ccc(-c6nc7ccccc7s6)cc5)c5ccc(-c6nc7ccccc7s6)cc5)cc4)cc3)cc2)cc1. The first-order chi connectivity index (χ1) is 33.7. The predicted molar refractivity (Wildman–Crippen MR) is 289 cm³/mol. The van der Waals surface area contributed by atoms with E-state index in [-0.39, 0.29) is 0 Å². The first-order valence-corrected chi connectivity index (χ1v) is 24.3. The maximum atomic E-state index is 4.94. The molecule has 0 radical (unpaired) electrons. The lowest BCUT2D eigenvalue weighted by molar-refractivity contribution is 1.28. The Morgan fingerprint density at radius 1 is 0.221 bits per heavy atom. The second kappa shape index (κ2) is 18.1. The highest BCUT2D eigenvalue weighted by Gasteiger charge is 2.17. The number of nitrogens with zero attached hydrogens (tertiary/aromatic N) is 4. The molecule has 6 heteroatoms. The number of para-hydroxylation sites is 2. The summed E-state index contributed by atoms with van der Waals surface area (Å²) < 4.78 is 2.38. The van der Waals surface area contributed by atoms with Gasteiger partial charge in [0.1, 0.15) is 10.0 Å². The topological polar surface area (TPSA) is 32.3 Å². The van der Waals surface area contributed by atoms with Crippen molar-refractivity contribution < 1.29 is 0 Å². The van der Waals surface area contributed by atoms with E-state index in [9.17, 15) is 0 Å². The van der Waals surface area contributed by atoms with E-state index < -0.39 is 0 Å². The maximum Gasteiger partial charge on any atom is 0.124 e. The van der Waals surface area contributed by atoms with Gasteiger partial charge in [-0.05, 0) is 155 Å². The van der Waals surface area contributed by atoms with E-state index in [2.05, 4.69) is 252 Å². The Kier molecular flexibility index (Phi) is 10.9. The molecule has 0 fully saturated rings. The molecule has 0 spiro atoms. The van der Waals surface area contributed by atoms with Crippen LogP contribution in [0.4, 0.5) is 34.1 Å². The lowest BCUT2D eigenvalue weighted by atomic mass is 10.0. The summed E-state index contributed by atoms with van der Waals surface area (Å²) >= 11 is 3.45. The van der Waals surface area contributed by atoms with E-state index in [1.807, 2.05) is 12.1 Å². The van der Waals surface area contributed by atoms with Crippen LogP contribution in [0.2, 0.25) is 0 Å². The van der Waals surface area contributed by atoms with E-state index in [0.717, 1.165) is 77.4 Å². The number of benzene rings is 10. The summed E-state index contributed by atoms with van der Waals surface area (Å²) in [6.45, 7) is 0. The molecule has 0 aliphatic rings. The first-order valence-electron chi connectivity index (χ1n) is 22.7. The zero-order chi connectivity index (χ0) is 45.2. The summed E-state index contributed by atoms with van der Waals surface area (Å²) in [6.07, 6.45) is 0. The molecule has 0 saturated heterocycles. The van der Waals surface area contributed by atoms with Gasteiger partial charge >= 0.3 is 0 Å². The lowest BCUT2D eigenvalue weighted by Gasteiger charge is -2.26. The molecule has 12 rings (SSSR count). The monoisotopic (exact) mass is 906 g/mol. The molecule has 0 atom stereocenters. The summed E-state index contributed by atoms with van der Waals surface area (Å²) in [5, 5.41) is 2.04. The number of aromatic nitrogens is 2. The van der Waals surface area contributed by atoms with Gasteiger partial charge in [-0.15, -0.1) is 22.7 Å². The fourth-order valence-electron chi connectivity index (χ4n) is 8.86.